The number of nitrogens with zero attached hydrogens (tertiary/aromatic N) is 1. The van der Waals surface area contributed by atoms with E-state index in [1.807, 2.05) is 13.8 Å². The van der Waals surface area contributed by atoms with Crippen molar-refractivity contribution in [3.05, 3.63) is 28.8 Å². The van der Waals surface area contributed by atoms with Crippen molar-refractivity contribution in [2.24, 2.45) is 0 Å². The molecule has 0 unspecified atom stereocenters. The third kappa shape index (κ3) is 5.68. The van der Waals surface area contributed by atoms with Crippen LogP contribution in [-0.2, 0) is 19.6 Å². The highest BCUT2D eigenvalue weighted by Gasteiger charge is 2.29. The van der Waals surface area contributed by atoms with Gasteiger partial charge in [-0.3, -0.25) is 4.79 Å². The lowest BCUT2D eigenvalue weighted by atomic mass is 10.2. The van der Waals surface area contributed by atoms with Gasteiger partial charge in [0.05, 0.1) is 10.6 Å². The van der Waals surface area contributed by atoms with E-state index in [-0.39, 0.29) is 21.5 Å². The first-order valence-electron chi connectivity index (χ1n) is 9.55. The number of esters is 1. The Morgan fingerprint density at radius 2 is 1.82 bits per heavy atom. The summed E-state index contributed by atoms with van der Waals surface area (Å²) in [4.78, 5) is 24.1. The molecule has 1 amide bonds. The number of sulfonamides is 1. The molecule has 1 aromatic rings. The number of amides is 1. The number of hydrogen-bond donors (Lipinski definition) is 1. The molecule has 1 aromatic carbocycles. The average Bonchev–Trinajstić information content (AvgIpc) is 2.71. The lowest BCUT2D eigenvalue weighted by Crippen LogP contribution is -2.37. The van der Waals surface area contributed by atoms with E-state index in [1.54, 1.807) is 0 Å². The second-order valence-electron chi connectivity index (χ2n) is 6.77. The first kappa shape index (κ1) is 22.6. The molecule has 1 saturated heterocycles. The Morgan fingerprint density at radius 1 is 1.18 bits per heavy atom. The minimum atomic E-state index is -3.79. The number of piperidine rings is 1. The smallest absolute Gasteiger partial charge is 0.338 e. The zero-order valence-electron chi connectivity index (χ0n) is 16.2. The number of benzene rings is 1. The van der Waals surface area contributed by atoms with E-state index >= 15 is 0 Å². The zero-order valence-corrected chi connectivity index (χ0v) is 17.8. The topological polar surface area (TPSA) is 92.8 Å². The van der Waals surface area contributed by atoms with Crippen molar-refractivity contribution in [2.75, 3.05) is 19.7 Å². The molecule has 0 atom stereocenters. The summed E-state index contributed by atoms with van der Waals surface area (Å²) in [6.07, 6.45) is 4.15. The lowest BCUT2D eigenvalue weighted by Gasteiger charge is -2.26. The van der Waals surface area contributed by atoms with Crippen LogP contribution in [0.3, 0.4) is 0 Å². The van der Waals surface area contributed by atoms with Crippen LogP contribution >= 0.6 is 11.6 Å². The van der Waals surface area contributed by atoms with Crippen molar-refractivity contribution < 1.29 is 22.7 Å². The van der Waals surface area contributed by atoms with E-state index in [0.717, 1.165) is 32.1 Å². The van der Waals surface area contributed by atoms with Crippen molar-refractivity contribution >= 4 is 33.5 Å². The number of halogens is 1. The predicted molar refractivity (Wildman–Crippen MR) is 107 cm³/mol. The van der Waals surface area contributed by atoms with Crippen LogP contribution < -0.4 is 5.32 Å². The molecule has 0 bridgehead atoms. The van der Waals surface area contributed by atoms with Crippen LogP contribution in [0.1, 0.15) is 56.3 Å². The standard InChI is InChI=1S/C19H27ClN2O5S/c1-3-15(4-2)21-18(23)13-27-19(24)14-8-9-16(20)17(12-14)28(25,26)22-10-6-5-7-11-22/h8-9,12,15H,3-7,10-11,13H2,1-2H3,(H,21,23). The first-order valence-corrected chi connectivity index (χ1v) is 11.4. The van der Waals surface area contributed by atoms with E-state index in [2.05, 4.69) is 5.32 Å². The van der Waals surface area contributed by atoms with Crippen LogP contribution in [0.2, 0.25) is 5.02 Å². The summed E-state index contributed by atoms with van der Waals surface area (Å²) in [6, 6.07) is 3.99. The van der Waals surface area contributed by atoms with E-state index in [4.69, 9.17) is 16.3 Å². The number of ether oxygens (including phenoxy) is 1. The molecule has 1 aliphatic rings. The Kier molecular flexibility index (Phi) is 8.27. The Bertz CT molecular complexity index is 803. The minimum absolute atomic E-state index is 0.0306. The predicted octanol–water partition coefficient (Wildman–Crippen LogP) is 2.98. The van der Waals surface area contributed by atoms with E-state index < -0.39 is 28.5 Å². The summed E-state index contributed by atoms with van der Waals surface area (Å²) in [7, 11) is -3.79. The fraction of sp³-hybridized carbons (Fsp3) is 0.579. The molecule has 1 aliphatic heterocycles. The molecule has 9 heteroatoms. The third-order valence-electron chi connectivity index (χ3n) is 4.78. The summed E-state index contributed by atoms with van der Waals surface area (Å²) in [5.41, 5.74) is 0.0373. The van der Waals surface area contributed by atoms with Gasteiger partial charge in [0.2, 0.25) is 10.0 Å². The molecule has 0 aromatic heterocycles. The number of hydrogen-bond acceptors (Lipinski definition) is 5. The highest BCUT2D eigenvalue weighted by molar-refractivity contribution is 7.89. The second-order valence-corrected chi connectivity index (χ2v) is 9.08. The minimum Gasteiger partial charge on any atom is -0.452 e. The molecule has 0 saturated carbocycles. The number of carbonyl (C=O) groups excluding carboxylic acids is 2. The van der Waals surface area contributed by atoms with Crippen LogP contribution in [-0.4, -0.2) is 50.3 Å². The highest BCUT2D eigenvalue weighted by atomic mass is 35.5. The van der Waals surface area contributed by atoms with Crippen LogP contribution in [0.15, 0.2) is 23.1 Å². The first-order chi connectivity index (χ1) is 13.3. The molecule has 0 aliphatic carbocycles. The Balaban J connectivity index is 2.09. The summed E-state index contributed by atoms with van der Waals surface area (Å²) in [6.45, 7) is 4.36. The molecule has 0 spiro atoms. The van der Waals surface area contributed by atoms with Gasteiger partial charge in [-0.1, -0.05) is 31.9 Å². The Morgan fingerprint density at radius 3 is 2.43 bits per heavy atom. The Labute approximate surface area is 171 Å². The Hall–Kier alpha value is -1.64. The van der Waals surface area contributed by atoms with Gasteiger partial charge in [0.15, 0.2) is 6.61 Å². The van der Waals surface area contributed by atoms with E-state index in [1.165, 1.54) is 22.5 Å². The van der Waals surface area contributed by atoms with Gasteiger partial charge in [-0.2, -0.15) is 4.31 Å². The molecule has 28 heavy (non-hydrogen) atoms. The molecule has 1 fully saturated rings. The maximum absolute atomic E-state index is 12.9. The van der Waals surface area contributed by atoms with E-state index in [9.17, 15) is 18.0 Å². The maximum Gasteiger partial charge on any atom is 0.338 e. The third-order valence-corrected chi connectivity index (χ3v) is 7.17. The summed E-state index contributed by atoms with van der Waals surface area (Å²) in [5, 5.41) is 2.82. The van der Waals surface area contributed by atoms with Crippen molar-refractivity contribution in [3.63, 3.8) is 0 Å². The number of carbonyl (C=O) groups is 2. The van der Waals surface area contributed by atoms with Crippen LogP contribution in [0.5, 0.6) is 0 Å². The molecule has 0 radical (unpaired) electrons. The van der Waals surface area contributed by atoms with Crippen molar-refractivity contribution in [3.8, 4) is 0 Å². The highest BCUT2D eigenvalue weighted by Crippen LogP contribution is 2.28. The van der Waals surface area contributed by atoms with Gasteiger partial charge in [0.1, 0.15) is 4.90 Å². The SMILES string of the molecule is CCC(CC)NC(=O)COC(=O)c1ccc(Cl)c(S(=O)(=O)N2CCCCC2)c1. The summed E-state index contributed by atoms with van der Waals surface area (Å²) < 4.78 is 32.1. The normalized spacial score (nSPS) is 15.4. The van der Waals surface area contributed by atoms with Crippen molar-refractivity contribution in [1.29, 1.82) is 0 Å². The fourth-order valence-electron chi connectivity index (χ4n) is 3.05. The molecule has 1 heterocycles. The van der Waals surface area contributed by atoms with Gasteiger partial charge in [-0.25, -0.2) is 13.2 Å². The van der Waals surface area contributed by atoms with Gasteiger partial charge in [-0.15, -0.1) is 0 Å². The zero-order chi connectivity index (χ0) is 20.7. The summed E-state index contributed by atoms with van der Waals surface area (Å²) in [5.74, 6) is -1.16. The largest absolute Gasteiger partial charge is 0.452 e. The van der Waals surface area contributed by atoms with Crippen molar-refractivity contribution in [2.45, 2.75) is 56.9 Å². The van der Waals surface area contributed by atoms with Gasteiger partial charge in [0, 0.05) is 19.1 Å². The molecule has 1 N–H and O–H groups in total. The maximum atomic E-state index is 12.9. The average molecular weight is 431 g/mol. The lowest BCUT2D eigenvalue weighted by molar-refractivity contribution is -0.125. The van der Waals surface area contributed by atoms with Crippen LogP contribution in [0.4, 0.5) is 0 Å². The quantitative estimate of drug-likeness (QED) is 0.640. The van der Waals surface area contributed by atoms with Gasteiger partial charge in [-0.05, 0) is 43.9 Å². The van der Waals surface area contributed by atoms with Crippen molar-refractivity contribution in [1.82, 2.24) is 9.62 Å². The van der Waals surface area contributed by atoms with Gasteiger partial charge in [0.25, 0.3) is 5.91 Å². The monoisotopic (exact) mass is 430 g/mol. The summed E-state index contributed by atoms with van der Waals surface area (Å²) >= 11 is 6.10. The second kappa shape index (κ2) is 10.2. The molecular formula is C19H27ClN2O5S. The van der Waals surface area contributed by atoms with Crippen LogP contribution in [0.25, 0.3) is 0 Å². The molecular weight excluding hydrogens is 404 g/mol. The molecule has 7 nitrogen and oxygen atoms in total. The number of nitrogens with one attached hydrogen (secondary N) is 1. The van der Waals surface area contributed by atoms with Gasteiger partial charge < -0.3 is 10.1 Å². The van der Waals surface area contributed by atoms with Crippen LogP contribution in [0, 0.1) is 0 Å². The van der Waals surface area contributed by atoms with E-state index in [0.29, 0.717) is 13.1 Å². The number of rotatable bonds is 8. The van der Waals surface area contributed by atoms with Gasteiger partial charge >= 0.3 is 5.97 Å². The molecule has 2 rings (SSSR count). The fourth-order valence-corrected chi connectivity index (χ4v) is 5.07. The molecule has 156 valence electrons.